The van der Waals surface area contributed by atoms with E-state index in [1.807, 2.05) is 26.0 Å². The lowest BCUT2D eigenvalue weighted by atomic mass is 10.1. The van der Waals surface area contributed by atoms with E-state index in [9.17, 15) is 4.79 Å². The highest BCUT2D eigenvalue weighted by Gasteiger charge is 2.12. The molecule has 0 fully saturated rings. The van der Waals surface area contributed by atoms with E-state index in [4.69, 9.17) is 5.11 Å². The van der Waals surface area contributed by atoms with Crippen LogP contribution in [0.3, 0.4) is 0 Å². The monoisotopic (exact) mass is 283 g/mol. The molecule has 1 aromatic carbocycles. The van der Waals surface area contributed by atoms with Gasteiger partial charge in [0.15, 0.2) is 0 Å². The Kier molecular flexibility index (Phi) is 4.41. The quantitative estimate of drug-likeness (QED) is 0.823. The highest BCUT2D eigenvalue weighted by molar-refractivity contribution is 6.03. The standard InChI is InChI=1S/C16H17N3O2/c1-11-7-13(5-4-6-20)10-14(8-11)17-16(21)15-9-12(2)18-19(15)3/h7-10,20H,6H2,1-3H3,(H,17,21). The molecule has 0 spiro atoms. The Morgan fingerprint density at radius 3 is 2.71 bits per heavy atom. The average molecular weight is 283 g/mol. The molecule has 21 heavy (non-hydrogen) atoms. The maximum atomic E-state index is 12.2. The highest BCUT2D eigenvalue weighted by atomic mass is 16.2. The minimum absolute atomic E-state index is 0.191. The molecule has 0 saturated heterocycles. The van der Waals surface area contributed by atoms with E-state index in [0.29, 0.717) is 11.4 Å². The summed E-state index contributed by atoms with van der Waals surface area (Å²) in [6.45, 7) is 3.57. The molecule has 0 aliphatic carbocycles. The molecule has 1 aromatic heterocycles. The molecule has 0 radical (unpaired) electrons. The summed E-state index contributed by atoms with van der Waals surface area (Å²) >= 11 is 0. The van der Waals surface area contributed by atoms with Crippen LogP contribution in [0.2, 0.25) is 0 Å². The number of nitrogens with zero attached hydrogens (tertiary/aromatic N) is 2. The van der Waals surface area contributed by atoms with Crippen LogP contribution in [0, 0.1) is 25.7 Å². The smallest absolute Gasteiger partial charge is 0.273 e. The van der Waals surface area contributed by atoms with Gasteiger partial charge in [-0.3, -0.25) is 9.48 Å². The molecule has 0 saturated carbocycles. The SMILES string of the molecule is Cc1cc(C#CCO)cc(NC(=O)c2cc(C)nn2C)c1. The number of aliphatic hydroxyl groups is 1. The minimum Gasteiger partial charge on any atom is -0.384 e. The van der Waals surface area contributed by atoms with Crippen molar-refractivity contribution in [3.8, 4) is 11.8 Å². The highest BCUT2D eigenvalue weighted by Crippen LogP contribution is 2.15. The fourth-order valence-corrected chi connectivity index (χ4v) is 2.09. The zero-order valence-corrected chi connectivity index (χ0v) is 12.3. The number of anilines is 1. The van der Waals surface area contributed by atoms with Gasteiger partial charge in [-0.2, -0.15) is 5.10 Å². The summed E-state index contributed by atoms with van der Waals surface area (Å²) < 4.78 is 1.55. The summed E-state index contributed by atoms with van der Waals surface area (Å²) in [6, 6.07) is 7.27. The van der Waals surface area contributed by atoms with Crippen molar-refractivity contribution >= 4 is 11.6 Å². The molecule has 0 atom stereocenters. The fraction of sp³-hybridized carbons (Fsp3) is 0.250. The normalized spacial score (nSPS) is 9.90. The van der Waals surface area contributed by atoms with Gasteiger partial charge in [0, 0.05) is 18.3 Å². The number of hydrogen-bond acceptors (Lipinski definition) is 3. The summed E-state index contributed by atoms with van der Waals surface area (Å²) in [4.78, 5) is 12.2. The molecule has 108 valence electrons. The molecule has 2 aromatic rings. The van der Waals surface area contributed by atoms with E-state index in [2.05, 4.69) is 22.3 Å². The van der Waals surface area contributed by atoms with Crippen LogP contribution < -0.4 is 5.32 Å². The minimum atomic E-state index is -0.218. The molecule has 0 unspecified atom stereocenters. The first kappa shape index (κ1) is 14.8. The van der Waals surface area contributed by atoms with Gasteiger partial charge in [0.2, 0.25) is 0 Å². The second-order valence-corrected chi connectivity index (χ2v) is 4.80. The molecule has 1 heterocycles. The number of nitrogens with one attached hydrogen (secondary N) is 1. The van der Waals surface area contributed by atoms with Crippen LogP contribution in [0.25, 0.3) is 0 Å². The van der Waals surface area contributed by atoms with Crippen molar-refractivity contribution in [1.82, 2.24) is 9.78 Å². The second-order valence-electron chi connectivity index (χ2n) is 4.80. The number of benzene rings is 1. The lowest BCUT2D eigenvalue weighted by molar-refractivity contribution is 0.101. The van der Waals surface area contributed by atoms with Gasteiger partial charge < -0.3 is 10.4 Å². The molecular weight excluding hydrogens is 266 g/mol. The van der Waals surface area contributed by atoms with Gasteiger partial charge in [0.05, 0.1) is 5.69 Å². The number of carbonyl (C=O) groups excluding carboxylic acids is 1. The Bertz CT molecular complexity index is 736. The summed E-state index contributed by atoms with van der Waals surface area (Å²) in [7, 11) is 1.73. The first-order valence-corrected chi connectivity index (χ1v) is 6.53. The van der Waals surface area contributed by atoms with Gasteiger partial charge in [0.1, 0.15) is 12.3 Å². The van der Waals surface area contributed by atoms with Crippen LogP contribution in [-0.4, -0.2) is 27.4 Å². The van der Waals surface area contributed by atoms with E-state index in [-0.39, 0.29) is 12.5 Å². The van der Waals surface area contributed by atoms with Gasteiger partial charge in [-0.25, -0.2) is 0 Å². The van der Waals surface area contributed by atoms with Crippen molar-refractivity contribution in [3.63, 3.8) is 0 Å². The lowest BCUT2D eigenvalue weighted by Gasteiger charge is -2.07. The maximum Gasteiger partial charge on any atom is 0.273 e. The number of hydrogen-bond donors (Lipinski definition) is 2. The molecule has 0 aliphatic heterocycles. The largest absolute Gasteiger partial charge is 0.384 e. The van der Waals surface area contributed by atoms with Gasteiger partial charge in [-0.05, 0) is 43.7 Å². The van der Waals surface area contributed by atoms with Crippen LogP contribution in [-0.2, 0) is 7.05 Å². The van der Waals surface area contributed by atoms with E-state index in [0.717, 1.165) is 16.8 Å². The van der Waals surface area contributed by atoms with Crippen molar-refractivity contribution in [2.75, 3.05) is 11.9 Å². The van der Waals surface area contributed by atoms with Crippen LogP contribution in [0.5, 0.6) is 0 Å². The molecule has 0 bridgehead atoms. The van der Waals surface area contributed by atoms with Crippen LogP contribution >= 0.6 is 0 Å². The first-order chi connectivity index (χ1) is 9.99. The van der Waals surface area contributed by atoms with E-state index >= 15 is 0 Å². The Balaban J connectivity index is 2.25. The molecular formula is C16H17N3O2. The molecule has 0 aliphatic rings. The Morgan fingerprint density at radius 2 is 2.10 bits per heavy atom. The summed E-state index contributed by atoms with van der Waals surface area (Å²) in [6.07, 6.45) is 0. The van der Waals surface area contributed by atoms with Gasteiger partial charge in [-0.15, -0.1) is 0 Å². The Morgan fingerprint density at radius 1 is 1.33 bits per heavy atom. The van der Waals surface area contributed by atoms with Crippen molar-refractivity contribution in [3.05, 3.63) is 46.8 Å². The number of aryl methyl sites for hydroxylation is 3. The molecule has 1 amide bonds. The molecule has 5 nitrogen and oxygen atoms in total. The average Bonchev–Trinajstić information content (AvgIpc) is 2.75. The second kappa shape index (κ2) is 6.25. The summed E-state index contributed by atoms with van der Waals surface area (Å²) in [5.41, 5.74) is 3.69. The van der Waals surface area contributed by atoms with E-state index < -0.39 is 0 Å². The summed E-state index contributed by atoms with van der Waals surface area (Å²) in [5, 5.41) is 15.7. The topological polar surface area (TPSA) is 67.2 Å². The van der Waals surface area contributed by atoms with Crippen molar-refractivity contribution in [2.45, 2.75) is 13.8 Å². The van der Waals surface area contributed by atoms with Gasteiger partial charge in [-0.1, -0.05) is 11.8 Å². The van der Waals surface area contributed by atoms with Crippen molar-refractivity contribution in [2.24, 2.45) is 7.05 Å². The fourth-order valence-electron chi connectivity index (χ4n) is 2.09. The maximum absolute atomic E-state index is 12.2. The van der Waals surface area contributed by atoms with Crippen molar-refractivity contribution in [1.29, 1.82) is 0 Å². The third-order valence-corrected chi connectivity index (χ3v) is 2.88. The van der Waals surface area contributed by atoms with Crippen LogP contribution in [0.15, 0.2) is 24.3 Å². The van der Waals surface area contributed by atoms with Crippen molar-refractivity contribution < 1.29 is 9.90 Å². The van der Waals surface area contributed by atoms with E-state index in [1.54, 1.807) is 23.9 Å². The summed E-state index contributed by atoms with van der Waals surface area (Å²) in [5.74, 6) is 5.21. The zero-order valence-electron chi connectivity index (χ0n) is 12.3. The van der Waals surface area contributed by atoms with Gasteiger partial charge >= 0.3 is 0 Å². The lowest BCUT2D eigenvalue weighted by Crippen LogP contribution is -2.16. The van der Waals surface area contributed by atoms with E-state index in [1.165, 1.54) is 0 Å². The molecule has 2 N–H and O–H groups in total. The third kappa shape index (κ3) is 3.71. The predicted molar refractivity (Wildman–Crippen MR) is 81.0 cm³/mol. The molecule has 5 heteroatoms. The predicted octanol–water partition coefficient (Wildman–Crippen LogP) is 1.63. The Labute approximate surface area is 123 Å². The molecule has 2 rings (SSSR count). The van der Waals surface area contributed by atoms with Crippen LogP contribution in [0.4, 0.5) is 5.69 Å². The van der Waals surface area contributed by atoms with Crippen LogP contribution in [0.1, 0.15) is 27.3 Å². The third-order valence-electron chi connectivity index (χ3n) is 2.88. The number of aliphatic hydroxyl groups excluding tert-OH is 1. The number of carbonyl (C=O) groups is 1. The number of rotatable bonds is 2. The number of amides is 1. The Hall–Kier alpha value is -2.58. The first-order valence-electron chi connectivity index (χ1n) is 6.53. The zero-order chi connectivity index (χ0) is 15.4. The van der Waals surface area contributed by atoms with Gasteiger partial charge in [0.25, 0.3) is 5.91 Å². The number of aromatic nitrogens is 2.